The first-order chi connectivity index (χ1) is 13.6. The van der Waals surface area contributed by atoms with Gasteiger partial charge in [0.25, 0.3) is 5.91 Å². The first-order valence-corrected chi connectivity index (χ1v) is 10.1. The number of nitrogens with zero attached hydrogens (tertiary/aromatic N) is 4. The Bertz CT molecular complexity index is 801. The molecule has 28 heavy (non-hydrogen) atoms. The number of hydrogen-bond donors (Lipinski definition) is 0. The van der Waals surface area contributed by atoms with Crippen LogP contribution in [0.15, 0.2) is 36.7 Å². The quantitative estimate of drug-likeness (QED) is 0.566. The van der Waals surface area contributed by atoms with Crippen LogP contribution >= 0.6 is 0 Å². The molecule has 4 atom stereocenters. The van der Waals surface area contributed by atoms with E-state index in [4.69, 9.17) is 0 Å². The zero-order chi connectivity index (χ0) is 19.3. The van der Waals surface area contributed by atoms with Gasteiger partial charge in [-0.2, -0.15) is 0 Å². The van der Waals surface area contributed by atoms with Crippen molar-refractivity contribution < 1.29 is 14.4 Å². The van der Waals surface area contributed by atoms with Gasteiger partial charge in [0.1, 0.15) is 0 Å². The van der Waals surface area contributed by atoms with Crippen molar-refractivity contribution >= 4 is 17.7 Å². The fourth-order valence-electron chi connectivity index (χ4n) is 5.27. The van der Waals surface area contributed by atoms with Gasteiger partial charge in [-0.25, -0.2) is 0 Å². The smallest absolute Gasteiger partial charge is 0.255 e. The average Bonchev–Trinajstić information content (AvgIpc) is 3.41. The highest BCUT2D eigenvalue weighted by Gasteiger charge is 2.59. The Morgan fingerprint density at radius 1 is 1.00 bits per heavy atom. The van der Waals surface area contributed by atoms with Gasteiger partial charge in [0.05, 0.1) is 17.4 Å². The average molecular weight is 380 g/mol. The van der Waals surface area contributed by atoms with Crippen molar-refractivity contribution in [3.8, 4) is 0 Å². The molecule has 3 fully saturated rings. The second-order valence-corrected chi connectivity index (χ2v) is 8.20. The molecule has 1 aromatic rings. The van der Waals surface area contributed by atoms with Crippen molar-refractivity contribution in [1.29, 1.82) is 0 Å². The summed E-state index contributed by atoms with van der Waals surface area (Å²) in [6.45, 7) is 3.93. The third-order valence-electron chi connectivity index (χ3n) is 6.77. The lowest BCUT2D eigenvalue weighted by Crippen LogP contribution is -2.50. The lowest BCUT2D eigenvalue weighted by atomic mass is 9.85. The first kappa shape index (κ1) is 17.6. The fraction of sp³-hybridized carbons (Fsp3) is 0.524. The number of allylic oxidation sites excluding steroid dienone is 2. The molecule has 146 valence electrons. The Balaban J connectivity index is 1.14. The number of piperazine rings is 1. The van der Waals surface area contributed by atoms with Crippen LogP contribution in [0.4, 0.5) is 0 Å². The number of fused-ring (bicyclic) bond motifs is 5. The van der Waals surface area contributed by atoms with Gasteiger partial charge in [-0.3, -0.25) is 29.2 Å². The number of carbonyl (C=O) groups is 3. The number of amides is 3. The Morgan fingerprint density at radius 2 is 1.68 bits per heavy atom. The molecule has 0 unspecified atom stereocenters. The maximum Gasteiger partial charge on any atom is 0.255 e. The molecular formula is C21H24N4O3. The van der Waals surface area contributed by atoms with E-state index in [9.17, 15) is 14.4 Å². The molecule has 0 N–H and O–H groups in total. The summed E-state index contributed by atoms with van der Waals surface area (Å²) in [4.78, 5) is 47.6. The summed E-state index contributed by atoms with van der Waals surface area (Å²) in [5.74, 6) is 0.354. The van der Waals surface area contributed by atoms with Gasteiger partial charge in [0, 0.05) is 51.7 Å². The van der Waals surface area contributed by atoms with E-state index >= 15 is 0 Å². The SMILES string of the molecule is O=C(c1cccnc1)N1CCN(CCN2C(=O)[C@@H]3[C@@H](C2=O)[C@H]2C=C[C@@H]3C2)CC1. The molecule has 2 aliphatic carbocycles. The summed E-state index contributed by atoms with van der Waals surface area (Å²) < 4.78 is 0. The van der Waals surface area contributed by atoms with Gasteiger partial charge >= 0.3 is 0 Å². The molecular weight excluding hydrogens is 356 g/mol. The summed E-state index contributed by atoms with van der Waals surface area (Å²) in [6, 6.07) is 3.55. The second kappa shape index (κ2) is 6.81. The third-order valence-corrected chi connectivity index (χ3v) is 6.77. The minimum absolute atomic E-state index is 0.00782. The molecule has 7 nitrogen and oxygen atoms in total. The molecule has 1 saturated carbocycles. The second-order valence-electron chi connectivity index (χ2n) is 8.20. The van der Waals surface area contributed by atoms with E-state index in [1.807, 2.05) is 4.90 Å². The van der Waals surface area contributed by atoms with Gasteiger partial charge in [0.2, 0.25) is 11.8 Å². The predicted molar refractivity (Wildman–Crippen MR) is 101 cm³/mol. The maximum absolute atomic E-state index is 12.8. The lowest BCUT2D eigenvalue weighted by Gasteiger charge is -2.35. The standard InChI is InChI=1S/C21H24N4O3/c26-19(16-2-1-5-22-13-16)24-9-6-23(7-10-24)8-11-25-20(27)17-14-3-4-15(12-14)18(17)21(25)28/h1-5,13-15,17-18H,6-12H2/t14-,15+,17-,18-/m0/s1. The Morgan fingerprint density at radius 3 is 2.29 bits per heavy atom. The Kier molecular flexibility index (Phi) is 4.27. The van der Waals surface area contributed by atoms with Crippen molar-refractivity contribution in [2.24, 2.45) is 23.7 Å². The third kappa shape index (κ3) is 2.76. The van der Waals surface area contributed by atoms with Gasteiger partial charge in [-0.05, 0) is 30.4 Å². The van der Waals surface area contributed by atoms with E-state index in [0.29, 0.717) is 31.7 Å². The van der Waals surface area contributed by atoms with Crippen LogP contribution in [0.1, 0.15) is 16.8 Å². The fourth-order valence-corrected chi connectivity index (χ4v) is 5.27. The number of pyridine rings is 1. The van der Waals surface area contributed by atoms with E-state index < -0.39 is 0 Å². The topological polar surface area (TPSA) is 73.8 Å². The summed E-state index contributed by atoms with van der Waals surface area (Å²) in [7, 11) is 0. The number of aromatic nitrogens is 1. The van der Waals surface area contributed by atoms with Crippen LogP contribution in [-0.2, 0) is 9.59 Å². The van der Waals surface area contributed by atoms with E-state index in [0.717, 1.165) is 19.5 Å². The van der Waals surface area contributed by atoms with Gasteiger partial charge in [-0.15, -0.1) is 0 Å². The van der Waals surface area contributed by atoms with Crippen LogP contribution < -0.4 is 0 Å². The Labute approximate surface area is 164 Å². The number of hydrogen-bond acceptors (Lipinski definition) is 5. The van der Waals surface area contributed by atoms with Crippen molar-refractivity contribution in [3.05, 3.63) is 42.2 Å². The highest BCUT2D eigenvalue weighted by atomic mass is 16.2. The van der Waals surface area contributed by atoms with Gasteiger partial charge in [0.15, 0.2) is 0 Å². The predicted octanol–water partition coefficient (Wildman–Crippen LogP) is 0.647. The van der Waals surface area contributed by atoms with E-state index in [1.165, 1.54) is 4.90 Å². The first-order valence-electron chi connectivity index (χ1n) is 10.1. The zero-order valence-corrected chi connectivity index (χ0v) is 15.7. The van der Waals surface area contributed by atoms with E-state index in [1.54, 1.807) is 24.5 Å². The van der Waals surface area contributed by atoms with Crippen molar-refractivity contribution in [3.63, 3.8) is 0 Å². The molecule has 4 aliphatic rings. The summed E-state index contributed by atoms with van der Waals surface area (Å²) in [5, 5.41) is 0. The van der Waals surface area contributed by atoms with Crippen LogP contribution in [0.5, 0.6) is 0 Å². The van der Waals surface area contributed by atoms with Crippen molar-refractivity contribution in [2.45, 2.75) is 6.42 Å². The van der Waals surface area contributed by atoms with Crippen molar-refractivity contribution in [1.82, 2.24) is 19.7 Å². The minimum Gasteiger partial charge on any atom is -0.336 e. The molecule has 0 radical (unpaired) electrons. The highest BCUT2D eigenvalue weighted by Crippen LogP contribution is 2.52. The lowest BCUT2D eigenvalue weighted by molar-refractivity contribution is -0.141. The largest absolute Gasteiger partial charge is 0.336 e. The minimum atomic E-state index is -0.114. The van der Waals surface area contributed by atoms with Crippen LogP contribution in [0.2, 0.25) is 0 Å². The van der Waals surface area contributed by atoms with E-state index in [2.05, 4.69) is 22.0 Å². The Hall–Kier alpha value is -2.54. The number of imide groups is 1. The molecule has 2 bridgehead atoms. The van der Waals surface area contributed by atoms with Crippen molar-refractivity contribution in [2.75, 3.05) is 39.3 Å². The number of carbonyl (C=O) groups excluding carboxylic acids is 3. The zero-order valence-electron chi connectivity index (χ0n) is 15.7. The molecule has 2 saturated heterocycles. The summed E-state index contributed by atoms with van der Waals surface area (Å²) in [6.07, 6.45) is 8.47. The number of likely N-dealkylation sites (tertiary alicyclic amines) is 1. The molecule has 3 heterocycles. The summed E-state index contributed by atoms with van der Waals surface area (Å²) in [5.41, 5.74) is 0.610. The van der Waals surface area contributed by atoms with Crippen LogP contribution in [-0.4, -0.2) is 76.7 Å². The van der Waals surface area contributed by atoms with Crippen LogP contribution in [0.3, 0.4) is 0 Å². The molecule has 3 amide bonds. The molecule has 7 heteroatoms. The normalized spacial score (nSPS) is 31.7. The highest BCUT2D eigenvalue weighted by molar-refractivity contribution is 6.06. The maximum atomic E-state index is 12.8. The van der Waals surface area contributed by atoms with Crippen LogP contribution in [0.25, 0.3) is 0 Å². The van der Waals surface area contributed by atoms with E-state index in [-0.39, 0.29) is 41.4 Å². The van der Waals surface area contributed by atoms with Crippen LogP contribution in [0, 0.1) is 23.7 Å². The summed E-state index contributed by atoms with van der Waals surface area (Å²) >= 11 is 0. The van der Waals surface area contributed by atoms with Gasteiger partial charge < -0.3 is 4.90 Å². The molecule has 1 aromatic heterocycles. The molecule has 2 aliphatic heterocycles. The molecule has 0 aromatic carbocycles. The molecule has 5 rings (SSSR count). The monoisotopic (exact) mass is 380 g/mol. The number of rotatable bonds is 4. The van der Waals surface area contributed by atoms with Gasteiger partial charge in [-0.1, -0.05) is 12.2 Å². The molecule has 0 spiro atoms.